The standard InChI is InChI=1S/C11H23NO3/c1-8(13)6-7-12-9(2)10(14)15-11(3,4)5/h8-9,12-13H,6-7H2,1-5H3. The molecule has 90 valence electrons. The number of ether oxygens (including phenoxy) is 1. The average molecular weight is 217 g/mol. The Hall–Kier alpha value is -0.610. The van der Waals surface area contributed by atoms with Crippen LogP contribution in [0.25, 0.3) is 0 Å². The molecule has 0 aliphatic heterocycles. The molecule has 0 amide bonds. The van der Waals surface area contributed by atoms with Crippen LogP contribution in [0.1, 0.15) is 41.0 Å². The van der Waals surface area contributed by atoms with Crippen molar-refractivity contribution >= 4 is 5.97 Å². The summed E-state index contributed by atoms with van der Waals surface area (Å²) in [6.07, 6.45) is 0.288. The summed E-state index contributed by atoms with van der Waals surface area (Å²) in [5.74, 6) is -0.256. The highest BCUT2D eigenvalue weighted by Crippen LogP contribution is 2.08. The maximum absolute atomic E-state index is 11.5. The molecule has 0 saturated heterocycles. The molecule has 0 fully saturated rings. The third-order valence-electron chi connectivity index (χ3n) is 1.77. The molecule has 0 aromatic rings. The van der Waals surface area contributed by atoms with Crippen LogP contribution in [0.5, 0.6) is 0 Å². The number of hydrogen-bond acceptors (Lipinski definition) is 4. The van der Waals surface area contributed by atoms with E-state index < -0.39 is 5.60 Å². The van der Waals surface area contributed by atoms with Gasteiger partial charge in [0.15, 0.2) is 0 Å². The Kier molecular flexibility index (Phi) is 5.83. The zero-order valence-electron chi connectivity index (χ0n) is 10.3. The van der Waals surface area contributed by atoms with Crippen LogP contribution in [-0.4, -0.2) is 35.4 Å². The van der Waals surface area contributed by atoms with Crippen molar-refractivity contribution in [2.24, 2.45) is 0 Å². The Morgan fingerprint density at radius 1 is 1.40 bits per heavy atom. The zero-order chi connectivity index (χ0) is 12.1. The fraction of sp³-hybridized carbons (Fsp3) is 0.909. The Labute approximate surface area is 92.0 Å². The molecule has 2 N–H and O–H groups in total. The molecule has 2 unspecified atom stereocenters. The first-order valence-corrected chi connectivity index (χ1v) is 5.36. The van der Waals surface area contributed by atoms with Crippen molar-refractivity contribution in [3.8, 4) is 0 Å². The van der Waals surface area contributed by atoms with Crippen molar-refractivity contribution in [1.29, 1.82) is 0 Å². The van der Waals surface area contributed by atoms with E-state index in [2.05, 4.69) is 5.32 Å². The topological polar surface area (TPSA) is 58.6 Å². The van der Waals surface area contributed by atoms with E-state index >= 15 is 0 Å². The number of esters is 1. The lowest BCUT2D eigenvalue weighted by Gasteiger charge is -2.22. The van der Waals surface area contributed by atoms with Crippen LogP contribution in [0.3, 0.4) is 0 Å². The predicted molar refractivity (Wildman–Crippen MR) is 59.6 cm³/mol. The van der Waals surface area contributed by atoms with Crippen LogP contribution in [0, 0.1) is 0 Å². The van der Waals surface area contributed by atoms with Gasteiger partial charge in [0, 0.05) is 0 Å². The lowest BCUT2D eigenvalue weighted by atomic mass is 10.2. The summed E-state index contributed by atoms with van der Waals surface area (Å²) in [6.45, 7) is 9.61. The minimum Gasteiger partial charge on any atom is -0.459 e. The number of aliphatic hydroxyl groups is 1. The lowest BCUT2D eigenvalue weighted by molar-refractivity contribution is -0.157. The van der Waals surface area contributed by atoms with E-state index in [4.69, 9.17) is 9.84 Å². The van der Waals surface area contributed by atoms with E-state index in [0.29, 0.717) is 13.0 Å². The molecule has 0 rings (SSSR count). The van der Waals surface area contributed by atoms with Crippen molar-refractivity contribution in [2.75, 3.05) is 6.54 Å². The number of aliphatic hydroxyl groups excluding tert-OH is 1. The molecule has 0 saturated carbocycles. The van der Waals surface area contributed by atoms with Gasteiger partial charge in [0.2, 0.25) is 0 Å². The van der Waals surface area contributed by atoms with Gasteiger partial charge in [0.05, 0.1) is 6.10 Å². The van der Waals surface area contributed by atoms with Gasteiger partial charge < -0.3 is 15.2 Å². The van der Waals surface area contributed by atoms with Crippen molar-refractivity contribution in [3.63, 3.8) is 0 Å². The Bertz CT molecular complexity index is 196. The van der Waals surface area contributed by atoms with Crippen molar-refractivity contribution < 1.29 is 14.6 Å². The van der Waals surface area contributed by atoms with Crippen LogP contribution in [-0.2, 0) is 9.53 Å². The Balaban J connectivity index is 3.80. The first-order chi connectivity index (χ1) is 6.72. The summed E-state index contributed by atoms with van der Waals surface area (Å²) < 4.78 is 5.19. The molecule has 0 bridgehead atoms. The average Bonchev–Trinajstić information content (AvgIpc) is 1.99. The van der Waals surface area contributed by atoms with E-state index in [1.54, 1.807) is 13.8 Å². The van der Waals surface area contributed by atoms with Crippen LogP contribution >= 0.6 is 0 Å². The van der Waals surface area contributed by atoms with E-state index in [0.717, 1.165) is 0 Å². The van der Waals surface area contributed by atoms with Crippen LogP contribution in [0.15, 0.2) is 0 Å². The number of carbonyl (C=O) groups is 1. The fourth-order valence-corrected chi connectivity index (χ4v) is 0.982. The smallest absolute Gasteiger partial charge is 0.323 e. The number of nitrogens with one attached hydrogen (secondary N) is 1. The quantitative estimate of drug-likeness (QED) is 0.676. The fourth-order valence-electron chi connectivity index (χ4n) is 0.982. The highest BCUT2D eigenvalue weighted by atomic mass is 16.6. The summed E-state index contributed by atoms with van der Waals surface area (Å²) >= 11 is 0. The molecule has 0 radical (unpaired) electrons. The molecule has 2 atom stereocenters. The molecule has 0 heterocycles. The summed E-state index contributed by atoms with van der Waals surface area (Å²) in [4.78, 5) is 11.5. The summed E-state index contributed by atoms with van der Waals surface area (Å²) in [5.41, 5.74) is -0.447. The van der Waals surface area contributed by atoms with Crippen LogP contribution in [0.4, 0.5) is 0 Å². The lowest BCUT2D eigenvalue weighted by Crippen LogP contribution is -2.40. The minimum atomic E-state index is -0.447. The molecule has 0 aliphatic rings. The van der Waals surface area contributed by atoms with Gasteiger partial charge in [0.25, 0.3) is 0 Å². The molecule has 15 heavy (non-hydrogen) atoms. The predicted octanol–water partition coefficient (Wildman–Crippen LogP) is 1.08. The molecule has 0 aromatic carbocycles. The van der Waals surface area contributed by atoms with Crippen LogP contribution in [0.2, 0.25) is 0 Å². The van der Waals surface area contributed by atoms with Gasteiger partial charge in [-0.2, -0.15) is 0 Å². The SMILES string of the molecule is CC(O)CCNC(C)C(=O)OC(C)(C)C. The monoisotopic (exact) mass is 217 g/mol. The Morgan fingerprint density at radius 3 is 2.33 bits per heavy atom. The van der Waals surface area contributed by atoms with Gasteiger partial charge in [-0.1, -0.05) is 0 Å². The molecular formula is C11H23NO3. The van der Waals surface area contributed by atoms with E-state index in [9.17, 15) is 4.79 Å². The van der Waals surface area contributed by atoms with Crippen molar-refractivity contribution in [3.05, 3.63) is 0 Å². The molecule has 0 aliphatic carbocycles. The van der Waals surface area contributed by atoms with E-state index in [-0.39, 0.29) is 18.1 Å². The van der Waals surface area contributed by atoms with Gasteiger partial charge in [-0.25, -0.2) is 0 Å². The summed E-state index contributed by atoms with van der Waals surface area (Å²) in [5, 5.41) is 12.0. The molecule has 4 nitrogen and oxygen atoms in total. The number of hydrogen-bond donors (Lipinski definition) is 2. The summed E-state index contributed by atoms with van der Waals surface area (Å²) in [6, 6.07) is -0.331. The Morgan fingerprint density at radius 2 is 1.93 bits per heavy atom. The first kappa shape index (κ1) is 14.4. The molecular weight excluding hydrogens is 194 g/mol. The minimum absolute atomic E-state index is 0.256. The zero-order valence-corrected chi connectivity index (χ0v) is 10.3. The molecule has 0 aromatic heterocycles. The van der Waals surface area contributed by atoms with Gasteiger partial charge in [-0.05, 0) is 47.6 Å². The third-order valence-corrected chi connectivity index (χ3v) is 1.77. The van der Waals surface area contributed by atoms with Gasteiger partial charge >= 0.3 is 5.97 Å². The highest BCUT2D eigenvalue weighted by molar-refractivity contribution is 5.75. The second-order valence-electron chi connectivity index (χ2n) is 4.85. The molecule has 4 heteroatoms. The number of carbonyl (C=O) groups excluding carboxylic acids is 1. The maximum atomic E-state index is 11.5. The van der Waals surface area contributed by atoms with Crippen molar-refractivity contribution in [1.82, 2.24) is 5.32 Å². The van der Waals surface area contributed by atoms with E-state index in [1.165, 1.54) is 0 Å². The normalized spacial score (nSPS) is 15.9. The maximum Gasteiger partial charge on any atom is 0.323 e. The third kappa shape index (κ3) is 8.39. The second kappa shape index (κ2) is 6.08. The van der Waals surface area contributed by atoms with Gasteiger partial charge in [0.1, 0.15) is 11.6 Å². The first-order valence-electron chi connectivity index (χ1n) is 5.36. The van der Waals surface area contributed by atoms with Gasteiger partial charge in [-0.15, -0.1) is 0 Å². The van der Waals surface area contributed by atoms with Crippen LogP contribution < -0.4 is 5.32 Å². The second-order valence-corrected chi connectivity index (χ2v) is 4.85. The number of rotatable bonds is 5. The largest absolute Gasteiger partial charge is 0.459 e. The summed E-state index contributed by atoms with van der Waals surface area (Å²) in [7, 11) is 0. The highest BCUT2D eigenvalue weighted by Gasteiger charge is 2.20. The van der Waals surface area contributed by atoms with Gasteiger partial charge in [-0.3, -0.25) is 4.79 Å². The molecule has 0 spiro atoms. The van der Waals surface area contributed by atoms with Crippen molar-refractivity contribution in [2.45, 2.75) is 58.8 Å². The van der Waals surface area contributed by atoms with E-state index in [1.807, 2.05) is 20.8 Å².